The summed E-state index contributed by atoms with van der Waals surface area (Å²) in [5, 5.41) is 5.36. The van der Waals surface area contributed by atoms with Crippen molar-refractivity contribution in [3.8, 4) is 0 Å². The predicted molar refractivity (Wildman–Crippen MR) is 95.8 cm³/mol. The molecule has 2 atom stereocenters. The van der Waals surface area contributed by atoms with Gasteiger partial charge < -0.3 is 21.3 Å². The number of hydrogen-bond acceptors (Lipinski definition) is 4. The monoisotopic (exact) mass is 346 g/mol. The number of hydrogen-bond donors (Lipinski definition) is 3. The molecule has 136 valence electrons. The van der Waals surface area contributed by atoms with Gasteiger partial charge in [0.25, 0.3) is 0 Å². The van der Waals surface area contributed by atoms with E-state index in [-0.39, 0.29) is 36.6 Å². The molecule has 0 radical (unpaired) electrons. The molecule has 0 spiro atoms. The standard InChI is InChI=1S/C18H26N4O3/c1-3-12-5-4-6-14(9-12)21-16(23)7-8-17(24)22-11-13(19)10-15(22)18(25)20-2/h4-6,9,13,15H,3,7-8,10-11,19H2,1-2H3,(H,20,25)(H,21,23)/t13-,15+/m1/s1. The molecule has 0 bridgehead atoms. The summed E-state index contributed by atoms with van der Waals surface area (Å²) in [5.41, 5.74) is 7.74. The zero-order chi connectivity index (χ0) is 18.4. The molecule has 1 aliphatic heterocycles. The SMILES string of the molecule is CCc1cccc(NC(=O)CCC(=O)N2C[C@H](N)C[C@H]2C(=O)NC)c1. The third-order valence-corrected chi connectivity index (χ3v) is 4.39. The second-order valence-corrected chi connectivity index (χ2v) is 6.27. The molecule has 0 aromatic heterocycles. The van der Waals surface area contributed by atoms with E-state index in [2.05, 4.69) is 10.6 Å². The zero-order valence-electron chi connectivity index (χ0n) is 14.7. The van der Waals surface area contributed by atoms with Gasteiger partial charge in [0.05, 0.1) is 0 Å². The molecule has 0 aliphatic carbocycles. The number of amides is 3. The first kappa shape index (κ1) is 18.9. The summed E-state index contributed by atoms with van der Waals surface area (Å²) in [6.45, 7) is 2.39. The molecule has 3 amide bonds. The Bertz CT molecular complexity index is 647. The summed E-state index contributed by atoms with van der Waals surface area (Å²) in [4.78, 5) is 37.8. The Morgan fingerprint density at radius 1 is 1.28 bits per heavy atom. The molecule has 1 heterocycles. The Hall–Kier alpha value is -2.41. The van der Waals surface area contributed by atoms with Gasteiger partial charge in [-0.25, -0.2) is 0 Å². The number of carbonyl (C=O) groups is 3. The van der Waals surface area contributed by atoms with E-state index in [0.29, 0.717) is 13.0 Å². The molecule has 1 aliphatic rings. The normalized spacial score (nSPS) is 19.6. The lowest BCUT2D eigenvalue weighted by molar-refractivity contribution is -0.138. The minimum atomic E-state index is -0.545. The van der Waals surface area contributed by atoms with Crippen LogP contribution in [0.3, 0.4) is 0 Å². The van der Waals surface area contributed by atoms with Crippen molar-refractivity contribution in [3.63, 3.8) is 0 Å². The van der Waals surface area contributed by atoms with E-state index in [1.165, 1.54) is 11.9 Å². The number of aryl methyl sites for hydroxylation is 1. The van der Waals surface area contributed by atoms with E-state index < -0.39 is 6.04 Å². The van der Waals surface area contributed by atoms with E-state index in [1.54, 1.807) is 0 Å². The van der Waals surface area contributed by atoms with Gasteiger partial charge in [-0.15, -0.1) is 0 Å². The molecule has 1 aromatic carbocycles. The highest BCUT2D eigenvalue weighted by molar-refractivity contribution is 5.94. The molecular weight excluding hydrogens is 320 g/mol. The maximum absolute atomic E-state index is 12.4. The Kier molecular flexibility index (Phi) is 6.52. The van der Waals surface area contributed by atoms with E-state index in [9.17, 15) is 14.4 Å². The fourth-order valence-electron chi connectivity index (χ4n) is 3.02. The van der Waals surface area contributed by atoms with Gasteiger partial charge in [0.2, 0.25) is 17.7 Å². The first-order valence-electron chi connectivity index (χ1n) is 8.60. The molecule has 25 heavy (non-hydrogen) atoms. The third-order valence-electron chi connectivity index (χ3n) is 4.39. The van der Waals surface area contributed by atoms with Gasteiger partial charge in [0, 0.05) is 38.2 Å². The molecular formula is C18H26N4O3. The highest BCUT2D eigenvalue weighted by Gasteiger charge is 2.37. The lowest BCUT2D eigenvalue weighted by atomic mass is 10.1. The second kappa shape index (κ2) is 8.62. The molecule has 7 heteroatoms. The van der Waals surface area contributed by atoms with Gasteiger partial charge in [0.1, 0.15) is 6.04 Å². The van der Waals surface area contributed by atoms with Crippen LogP contribution in [-0.4, -0.2) is 48.3 Å². The highest BCUT2D eigenvalue weighted by atomic mass is 16.2. The van der Waals surface area contributed by atoms with E-state index in [4.69, 9.17) is 5.73 Å². The van der Waals surface area contributed by atoms with Crippen LogP contribution in [0.2, 0.25) is 0 Å². The van der Waals surface area contributed by atoms with E-state index in [0.717, 1.165) is 17.7 Å². The van der Waals surface area contributed by atoms with Crippen molar-refractivity contribution in [1.29, 1.82) is 0 Å². The zero-order valence-corrected chi connectivity index (χ0v) is 14.7. The Morgan fingerprint density at radius 2 is 2.04 bits per heavy atom. The average molecular weight is 346 g/mol. The van der Waals surface area contributed by atoms with Crippen LogP contribution < -0.4 is 16.4 Å². The molecule has 0 unspecified atom stereocenters. The summed E-state index contributed by atoms with van der Waals surface area (Å²) in [6.07, 6.45) is 1.46. The molecule has 4 N–H and O–H groups in total. The van der Waals surface area contributed by atoms with Crippen LogP contribution in [-0.2, 0) is 20.8 Å². The van der Waals surface area contributed by atoms with Crippen molar-refractivity contribution in [2.45, 2.75) is 44.7 Å². The van der Waals surface area contributed by atoms with Gasteiger partial charge in [-0.05, 0) is 30.5 Å². The maximum atomic E-state index is 12.4. The summed E-state index contributed by atoms with van der Waals surface area (Å²) >= 11 is 0. The van der Waals surface area contributed by atoms with Crippen molar-refractivity contribution in [2.75, 3.05) is 18.9 Å². The summed E-state index contributed by atoms with van der Waals surface area (Å²) < 4.78 is 0. The van der Waals surface area contributed by atoms with Crippen molar-refractivity contribution >= 4 is 23.4 Å². The number of benzene rings is 1. The fraction of sp³-hybridized carbons (Fsp3) is 0.500. The van der Waals surface area contributed by atoms with Crippen molar-refractivity contribution in [3.05, 3.63) is 29.8 Å². The first-order chi connectivity index (χ1) is 11.9. The number of anilines is 1. The number of nitrogens with two attached hydrogens (primary N) is 1. The molecule has 0 saturated carbocycles. The summed E-state index contributed by atoms with van der Waals surface area (Å²) in [5.74, 6) is -0.664. The van der Waals surface area contributed by atoms with Crippen LogP contribution in [0.25, 0.3) is 0 Å². The van der Waals surface area contributed by atoms with Gasteiger partial charge in [-0.2, -0.15) is 0 Å². The number of likely N-dealkylation sites (tertiary alicyclic amines) is 1. The topological polar surface area (TPSA) is 105 Å². The third kappa shape index (κ3) is 5.03. The van der Waals surface area contributed by atoms with Crippen LogP contribution in [0.4, 0.5) is 5.69 Å². The second-order valence-electron chi connectivity index (χ2n) is 6.27. The predicted octanol–water partition coefficient (Wildman–Crippen LogP) is 0.642. The van der Waals surface area contributed by atoms with Gasteiger partial charge in [-0.3, -0.25) is 14.4 Å². The van der Waals surface area contributed by atoms with E-state index >= 15 is 0 Å². The molecule has 1 fully saturated rings. The van der Waals surface area contributed by atoms with Crippen LogP contribution in [0.5, 0.6) is 0 Å². The van der Waals surface area contributed by atoms with Crippen molar-refractivity contribution < 1.29 is 14.4 Å². The number of rotatable bonds is 6. The minimum absolute atomic E-state index is 0.0551. The van der Waals surface area contributed by atoms with Gasteiger partial charge in [-0.1, -0.05) is 19.1 Å². The molecule has 2 rings (SSSR count). The quantitative estimate of drug-likeness (QED) is 0.703. The van der Waals surface area contributed by atoms with Crippen molar-refractivity contribution in [2.24, 2.45) is 5.73 Å². The van der Waals surface area contributed by atoms with Gasteiger partial charge >= 0.3 is 0 Å². The summed E-state index contributed by atoms with van der Waals surface area (Å²) in [6, 6.07) is 6.86. The van der Waals surface area contributed by atoms with Crippen LogP contribution >= 0.6 is 0 Å². The van der Waals surface area contributed by atoms with Crippen LogP contribution in [0.15, 0.2) is 24.3 Å². The number of likely N-dealkylation sites (N-methyl/N-ethyl adjacent to an activating group) is 1. The van der Waals surface area contributed by atoms with Crippen molar-refractivity contribution in [1.82, 2.24) is 10.2 Å². The Morgan fingerprint density at radius 3 is 2.72 bits per heavy atom. The van der Waals surface area contributed by atoms with Crippen LogP contribution in [0.1, 0.15) is 31.7 Å². The lowest BCUT2D eigenvalue weighted by Gasteiger charge is -2.23. The van der Waals surface area contributed by atoms with Crippen LogP contribution in [0, 0.1) is 0 Å². The smallest absolute Gasteiger partial charge is 0.242 e. The first-order valence-corrected chi connectivity index (χ1v) is 8.60. The maximum Gasteiger partial charge on any atom is 0.242 e. The Balaban J connectivity index is 1.88. The van der Waals surface area contributed by atoms with Gasteiger partial charge in [0.15, 0.2) is 0 Å². The molecule has 1 saturated heterocycles. The highest BCUT2D eigenvalue weighted by Crippen LogP contribution is 2.19. The number of carbonyl (C=O) groups excluding carboxylic acids is 3. The number of nitrogens with zero attached hydrogens (tertiary/aromatic N) is 1. The Labute approximate surface area is 147 Å². The molecule has 1 aromatic rings. The fourth-order valence-corrected chi connectivity index (χ4v) is 3.02. The minimum Gasteiger partial charge on any atom is -0.357 e. The number of nitrogens with one attached hydrogen (secondary N) is 2. The molecule has 7 nitrogen and oxygen atoms in total. The summed E-state index contributed by atoms with van der Waals surface area (Å²) in [7, 11) is 1.53. The average Bonchev–Trinajstić information content (AvgIpc) is 3.01. The lowest BCUT2D eigenvalue weighted by Crippen LogP contribution is -2.45. The van der Waals surface area contributed by atoms with E-state index in [1.807, 2.05) is 31.2 Å². The largest absolute Gasteiger partial charge is 0.357 e.